The Morgan fingerprint density at radius 1 is 0.643 bits per heavy atom. The van der Waals surface area contributed by atoms with Crippen LogP contribution in [0.2, 0.25) is 0 Å². The first-order valence-corrected chi connectivity index (χ1v) is 12.2. The van der Waals surface area contributed by atoms with E-state index in [-0.39, 0.29) is 0 Å². The Hall–Kier alpha value is -0.740. The van der Waals surface area contributed by atoms with Gasteiger partial charge in [0.1, 0.15) is 0 Å². The molecule has 0 aromatic rings. The third kappa shape index (κ3) is 36.2. The highest BCUT2D eigenvalue weighted by Crippen LogP contribution is 2.20. The van der Waals surface area contributed by atoms with Crippen LogP contribution in [0.3, 0.4) is 0 Å². The van der Waals surface area contributed by atoms with Gasteiger partial charge in [-0.1, -0.05) is 120 Å². The van der Waals surface area contributed by atoms with Crippen LogP contribution in [0.15, 0.2) is 29.5 Å². The summed E-state index contributed by atoms with van der Waals surface area (Å²) in [6.07, 6.45) is 17.3. The van der Waals surface area contributed by atoms with Gasteiger partial charge in [0, 0.05) is 0 Å². The Balaban J connectivity index is -0.000000381. The van der Waals surface area contributed by atoms with Crippen LogP contribution >= 0.6 is 0 Å². The molecule has 0 atom stereocenters. The second-order valence-electron chi connectivity index (χ2n) is 9.54. The van der Waals surface area contributed by atoms with Crippen molar-refractivity contribution in [3.63, 3.8) is 0 Å². The smallest absolute Gasteiger partial charge is 0.0214 e. The highest BCUT2D eigenvalue weighted by molar-refractivity contribution is 5.03. The van der Waals surface area contributed by atoms with Crippen molar-refractivity contribution in [2.24, 2.45) is 23.7 Å². The zero-order valence-electron chi connectivity index (χ0n) is 21.7. The Bertz CT molecular complexity index is 347. The highest BCUT2D eigenvalue weighted by Gasteiger charge is 2.03. The second kappa shape index (κ2) is 24.3. The Morgan fingerprint density at radius 3 is 1.29 bits per heavy atom. The maximum Gasteiger partial charge on any atom is -0.0214 e. The van der Waals surface area contributed by atoms with Crippen molar-refractivity contribution in [3.05, 3.63) is 29.5 Å². The van der Waals surface area contributed by atoms with Crippen LogP contribution in [0.5, 0.6) is 0 Å². The molecule has 0 aliphatic rings. The summed E-state index contributed by atoms with van der Waals surface area (Å²) in [7, 11) is 0. The molecule has 0 amide bonds. The lowest BCUT2D eigenvalue weighted by Crippen LogP contribution is -1.97. The lowest BCUT2D eigenvalue weighted by Gasteiger charge is -2.12. The fourth-order valence-electron chi connectivity index (χ4n) is 2.60. The largest absolute Gasteiger partial charge is 0.129 e. The van der Waals surface area contributed by atoms with E-state index in [0.29, 0.717) is 11.8 Å². The van der Waals surface area contributed by atoms with Crippen molar-refractivity contribution >= 4 is 0 Å². The molecule has 0 aromatic carbocycles. The SMILES string of the molecule is CC(C)C=C=CC(C)C.CCCCC.CCCCC=C(CC(C)C)CC(C)C. The van der Waals surface area contributed by atoms with Crippen molar-refractivity contribution in [1.82, 2.24) is 0 Å². The van der Waals surface area contributed by atoms with E-state index < -0.39 is 0 Å². The summed E-state index contributed by atoms with van der Waals surface area (Å²) in [6.45, 7) is 24.6. The molecule has 168 valence electrons. The molecule has 0 unspecified atom stereocenters. The maximum absolute atomic E-state index is 3.13. The Labute approximate surface area is 181 Å². The third-order valence-electron chi connectivity index (χ3n) is 3.90. The van der Waals surface area contributed by atoms with E-state index in [1.807, 2.05) is 0 Å². The van der Waals surface area contributed by atoms with E-state index in [9.17, 15) is 0 Å². The van der Waals surface area contributed by atoms with Crippen LogP contribution in [0, 0.1) is 23.7 Å². The molecule has 0 aliphatic heterocycles. The van der Waals surface area contributed by atoms with Gasteiger partial charge < -0.3 is 0 Å². The van der Waals surface area contributed by atoms with Crippen LogP contribution in [0.4, 0.5) is 0 Å². The number of rotatable bonds is 11. The third-order valence-corrected chi connectivity index (χ3v) is 3.90. The van der Waals surface area contributed by atoms with Gasteiger partial charge in [0.25, 0.3) is 0 Å². The molecule has 0 aliphatic carbocycles. The Morgan fingerprint density at radius 2 is 1.04 bits per heavy atom. The van der Waals surface area contributed by atoms with E-state index in [1.54, 1.807) is 5.57 Å². The van der Waals surface area contributed by atoms with E-state index in [1.165, 1.54) is 51.4 Å². The molecular weight excluding hydrogens is 336 g/mol. The van der Waals surface area contributed by atoms with Crippen LogP contribution in [-0.4, -0.2) is 0 Å². The lowest BCUT2D eigenvalue weighted by atomic mass is 9.94. The molecular formula is C28H56. The number of unbranched alkanes of at least 4 members (excludes halogenated alkanes) is 4. The van der Waals surface area contributed by atoms with Crippen molar-refractivity contribution in [3.8, 4) is 0 Å². The van der Waals surface area contributed by atoms with Crippen LogP contribution in [0.1, 0.15) is 128 Å². The molecule has 0 aromatic heterocycles. The predicted molar refractivity (Wildman–Crippen MR) is 134 cm³/mol. The monoisotopic (exact) mass is 392 g/mol. The first-order chi connectivity index (χ1) is 13.1. The predicted octanol–water partition coefficient (Wildman–Crippen LogP) is 10.4. The van der Waals surface area contributed by atoms with Gasteiger partial charge in [-0.15, -0.1) is 5.73 Å². The molecule has 0 saturated carbocycles. The molecule has 0 spiro atoms. The number of allylic oxidation sites excluding steroid dienone is 3. The average Bonchev–Trinajstić information content (AvgIpc) is 2.55. The van der Waals surface area contributed by atoms with Gasteiger partial charge in [0.2, 0.25) is 0 Å². The van der Waals surface area contributed by atoms with E-state index in [4.69, 9.17) is 0 Å². The summed E-state index contributed by atoms with van der Waals surface area (Å²) >= 11 is 0. The van der Waals surface area contributed by atoms with Gasteiger partial charge in [-0.3, -0.25) is 0 Å². The molecule has 0 rings (SSSR count). The van der Waals surface area contributed by atoms with Crippen LogP contribution in [-0.2, 0) is 0 Å². The summed E-state index contributed by atoms with van der Waals surface area (Å²) in [5, 5.41) is 0. The van der Waals surface area contributed by atoms with Gasteiger partial charge in [0.15, 0.2) is 0 Å². The topological polar surface area (TPSA) is 0 Å². The molecule has 28 heavy (non-hydrogen) atoms. The van der Waals surface area contributed by atoms with Crippen molar-refractivity contribution < 1.29 is 0 Å². The first kappa shape index (κ1) is 31.9. The molecule has 0 fully saturated rings. The van der Waals surface area contributed by atoms with E-state index >= 15 is 0 Å². The molecule has 0 heteroatoms. The second-order valence-corrected chi connectivity index (χ2v) is 9.54. The van der Waals surface area contributed by atoms with E-state index in [2.05, 4.69) is 100 Å². The average molecular weight is 393 g/mol. The summed E-state index contributed by atoms with van der Waals surface area (Å²) in [6, 6.07) is 0. The zero-order chi connectivity index (χ0) is 22.4. The van der Waals surface area contributed by atoms with Crippen LogP contribution < -0.4 is 0 Å². The molecule has 0 saturated heterocycles. The van der Waals surface area contributed by atoms with Crippen molar-refractivity contribution in [2.45, 2.75) is 128 Å². The minimum atomic E-state index is 0.625. The molecule has 0 heterocycles. The molecule has 0 bridgehead atoms. The Kier molecular flexibility index (Phi) is 27.7. The minimum Gasteiger partial charge on any atom is -0.129 e. The van der Waals surface area contributed by atoms with Gasteiger partial charge in [-0.2, -0.15) is 0 Å². The fourth-order valence-corrected chi connectivity index (χ4v) is 2.60. The van der Waals surface area contributed by atoms with Gasteiger partial charge in [-0.05, 0) is 55.1 Å². The quantitative estimate of drug-likeness (QED) is 0.186. The zero-order valence-corrected chi connectivity index (χ0v) is 21.7. The summed E-state index contributed by atoms with van der Waals surface area (Å²) in [4.78, 5) is 0. The van der Waals surface area contributed by atoms with Crippen LogP contribution in [0.25, 0.3) is 0 Å². The first-order valence-electron chi connectivity index (χ1n) is 12.2. The molecule has 0 N–H and O–H groups in total. The lowest BCUT2D eigenvalue weighted by molar-refractivity contribution is 0.567. The maximum atomic E-state index is 3.13. The van der Waals surface area contributed by atoms with E-state index in [0.717, 1.165) is 11.8 Å². The highest BCUT2D eigenvalue weighted by atomic mass is 14.1. The minimum absolute atomic E-state index is 0.625. The standard InChI is InChI=1S/C14H28.C9H16.C5H12/c1-6-7-8-9-14(10-12(2)3)11-13(4)5;1-8(2)6-5-7-9(3)4;1-3-5-4-2/h9,12-13H,6-8,10-11H2,1-5H3;6-9H,1-4H3;3-5H2,1-2H3. The molecule has 0 radical (unpaired) electrons. The number of hydrogen-bond acceptors (Lipinski definition) is 0. The van der Waals surface area contributed by atoms with Crippen molar-refractivity contribution in [1.29, 1.82) is 0 Å². The summed E-state index contributed by atoms with van der Waals surface area (Å²) < 4.78 is 0. The fraction of sp³-hybridized carbons (Fsp3) is 0.821. The summed E-state index contributed by atoms with van der Waals surface area (Å²) in [5.74, 6) is 2.86. The molecule has 0 nitrogen and oxygen atoms in total. The number of hydrogen-bond donors (Lipinski definition) is 0. The summed E-state index contributed by atoms with van der Waals surface area (Å²) in [5.41, 5.74) is 4.82. The van der Waals surface area contributed by atoms with Gasteiger partial charge in [-0.25, -0.2) is 0 Å². The van der Waals surface area contributed by atoms with Gasteiger partial charge in [0.05, 0.1) is 0 Å². The normalized spacial score (nSPS) is 10.1. The van der Waals surface area contributed by atoms with Gasteiger partial charge >= 0.3 is 0 Å². The van der Waals surface area contributed by atoms with Crippen molar-refractivity contribution in [2.75, 3.05) is 0 Å².